The highest BCUT2D eigenvalue weighted by molar-refractivity contribution is 5.78. The molecule has 0 aliphatic heterocycles. The van der Waals surface area contributed by atoms with Crippen LogP contribution in [0.1, 0.15) is 26.7 Å². The topological polar surface area (TPSA) is 61.4 Å². The lowest BCUT2D eigenvalue weighted by atomic mass is 10.1. The van der Waals surface area contributed by atoms with Crippen molar-refractivity contribution < 1.29 is 9.90 Å². The van der Waals surface area contributed by atoms with E-state index in [-0.39, 0.29) is 24.5 Å². The summed E-state index contributed by atoms with van der Waals surface area (Å²) in [7, 11) is 0. The van der Waals surface area contributed by atoms with Gasteiger partial charge in [-0.1, -0.05) is 6.92 Å². The molecule has 4 heteroatoms. The van der Waals surface area contributed by atoms with Crippen LogP contribution in [0.3, 0.4) is 0 Å². The molecule has 0 aromatic carbocycles. The van der Waals surface area contributed by atoms with Crippen molar-refractivity contribution >= 4 is 5.91 Å². The van der Waals surface area contributed by atoms with Gasteiger partial charge in [-0.25, -0.2) is 0 Å². The van der Waals surface area contributed by atoms with Gasteiger partial charge in [0.1, 0.15) is 0 Å². The summed E-state index contributed by atoms with van der Waals surface area (Å²) in [5, 5.41) is 14.9. The van der Waals surface area contributed by atoms with Crippen molar-refractivity contribution in [1.82, 2.24) is 10.6 Å². The first kappa shape index (κ1) is 11.5. The monoisotopic (exact) mass is 200 g/mol. The van der Waals surface area contributed by atoms with Gasteiger partial charge in [-0.05, 0) is 25.7 Å². The molecule has 1 saturated carbocycles. The quantitative estimate of drug-likeness (QED) is 0.560. The lowest BCUT2D eigenvalue weighted by molar-refractivity contribution is -0.121. The molecule has 1 fully saturated rings. The molecule has 1 aliphatic rings. The molecule has 0 radical (unpaired) electrons. The second kappa shape index (κ2) is 5.32. The van der Waals surface area contributed by atoms with E-state index >= 15 is 0 Å². The Kier molecular flexibility index (Phi) is 4.35. The molecule has 0 heterocycles. The molecule has 2 unspecified atom stereocenters. The van der Waals surface area contributed by atoms with Crippen LogP contribution in [0.4, 0.5) is 0 Å². The van der Waals surface area contributed by atoms with Gasteiger partial charge < -0.3 is 15.7 Å². The first-order valence-electron chi connectivity index (χ1n) is 5.27. The maximum Gasteiger partial charge on any atom is 0.234 e. The van der Waals surface area contributed by atoms with Gasteiger partial charge in [0.2, 0.25) is 5.91 Å². The molecule has 2 atom stereocenters. The highest BCUT2D eigenvalue weighted by atomic mass is 16.3. The standard InChI is InChI=1S/C10H20N2O2/c1-7(6-13)8(2)12-10(14)5-11-9-3-4-9/h7-9,11,13H,3-6H2,1-2H3,(H,12,14). The number of carbonyl (C=O) groups excluding carboxylic acids is 1. The Morgan fingerprint density at radius 2 is 2.14 bits per heavy atom. The van der Waals surface area contributed by atoms with Gasteiger partial charge in [0.05, 0.1) is 6.54 Å². The van der Waals surface area contributed by atoms with E-state index in [2.05, 4.69) is 10.6 Å². The van der Waals surface area contributed by atoms with Crippen LogP contribution in [0.15, 0.2) is 0 Å². The summed E-state index contributed by atoms with van der Waals surface area (Å²) in [6.07, 6.45) is 2.38. The van der Waals surface area contributed by atoms with Crippen molar-refractivity contribution in [2.24, 2.45) is 5.92 Å². The highest BCUT2D eigenvalue weighted by Gasteiger charge is 2.21. The molecule has 0 bridgehead atoms. The van der Waals surface area contributed by atoms with Crippen LogP contribution >= 0.6 is 0 Å². The van der Waals surface area contributed by atoms with E-state index in [1.807, 2.05) is 13.8 Å². The Morgan fingerprint density at radius 3 is 2.64 bits per heavy atom. The first-order chi connectivity index (χ1) is 6.63. The van der Waals surface area contributed by atoms with Gasteiger partial charge in [0, 0.05) is 18.7 Å². The summed E-state index contributed by atoms with van der Waals surface area (Å²) in [6.45, 7) is 4.33. The number of carbonyl (C=O) groups is 1. The van der Waals surface area contributed by atoms with Crippen molar-refractivity contribution in [3.05, 3.63) is 0 Å². The molecule has 0 aromatic heterocycles. The molecule has 82 valence electrons. The molecule has 4 nitrogen and oxygen atoms in total. The van der Waals surface area contributed by atoms with E-state index in [1.165, 1.54) is 12.8 Å². The molecule has 0 aromatic rings. The molecule has 3 N–H and O–H groups in total. The maximum absolute atomic E-state index is 11.4. The molecular weight excluding hydrogens is 180 g/mol. The predicted octanol–water partition coefficient (Wildman–Crippen LogP) is -0.128. The first-order valence-corrected chi connectivity index (χ1v) is 5.27. The van der Waals surface area contributed by atoms with Crippen LogP contribution in [0.25, 0.3) is 0 Å². The Labute approximate surface area is 85.1 Å². The Bertz CT molecular complexity index is 193. The van der Waals surface area contributed by atoms with Crippen LogP contribution in [0, 0.1) is 5.92 Å². The Hall–Kier alpha value is -0.610. The summed E-state index contributed by atoms with van der Waals surface area (Å²) >= 11 is 0. The maximum atomic E-state index is 11.4. The van der Waals surface area contributed by atoms with E-state index in [4.69, 9.17) is 5.11 Å². The van der Waals surface area contributed by atoms with Gasteiger partial charge in [0.15, 0.2) is 0 Å². The zero-order chi connectivity index (χ0) is 10.6. The van der Waals surface area contributed by atoms with E-state index < -0.39 is 0 Å². The fourth-order valence-electron chi connectivity index (χ4n) is 1.13. The van der Waals surface area contributed by atoms with Crippen LogP contribution in [0.5, 0.6) is 0 Å². The summed E-state index contributed by atoms with van der Waals surface area (Å²) in [5.74, 6) is 0.129. The normalized spacial score (nSPS) is 20.2. The number of aliphatic hydroxyl groups excluding tert-OH is 1. The smallest absolute Gasteiger partial charge is 0.234 e. The van der Waals surface area contributed by atoms with Gasteiger partial charge in [-0.15, -0.1) is 0 Å². The molecular formula is C10H20N2O2. The number of rotatable bonds is 6. The summed E-state index contributed by atoms with van der Waals surface area (Å²) in [6, 6.07) is 0.597. The molecule has 1 rings (SSSR count). The third-order valence-electron chi connectivity index (χ3n) is 2.66. The van der Waals surface area contributed by atoms with Crippen LogP contribution in [-0.4, -0.2) is 36.2 Å². The third-order valence-corrected chi connectivity index (χ3v) is 2.66. The van der Waals surface area contributed by atoms with E-state index in [1.54, 1.807) is 0 Å². The summed E-state index contributed by atoms with van der Waals surface area (Å²) in [4.78, 5) is 11.4. The zero-order valence-electron chi connectivity index (χ0n) is 8.92. The average molecular weight is 200 g/mol. The highest BCUT2D eigenvalue weighted by Crippen LogP contribution is 2.17. The molecule has 0 saturated heterocycles. The number of hydrogen-bond donors (Lipinski definition) is 3. The number of nitrogens with one attached hydrogen (secondary N) is 2. The average Bonchev–Trinajstić information content (AvgIpc) is 2.96. The SMILES string of the molecule is CC(CO)C(C)NC(=O)CNC1CC1. The van der Waals surface area contributed by atoms with Crippen molar-refractivity contribution in [2.75, 3.05) is 13.2 Å². The van der Waals surface area contributed by atoms with E-state index in [0.29, 0.717) is 12.6 Å². The van der Waals surface area contributed by atoms with Crippen molar-refractivity contribution in [2.45, 2.75) is 38.8 Å². The van der Waals surface area contributed by atoms with Crippen molar-refractivity contribution in [3.63, 3.8) is 0 Å². The summed E-state index contributed by atoms with van der Waals surface area (Å²) < 4.78 is 0. The zero-order valence-corrected chi connectivity index (χ0v) is 8.92. The van der Waals surface area contributed by atoms with Crippen LogP contribution in [-0.2, 0) is 4.79 Å². The molecule has 0 spiro atoms. The Morgan fingerprint density at radius 1 is 1.50 bits per heavy atom. The second-order valence-corrected chi connectivity index (χ2v) is 4.17. The van der Waals surface area contributed by atoms with Crippen LogP contribution < -0.4 is 10.6 Å². The third kappa shape index (κ3) is 4.07. The second-order valence-electron chi connectivity index (χ2n) is 4.17. The van der Waals surface area contributed by atoms with Crippen LogP contribution in [0.2, 0.25) is 0 Å². The number of amides is 1. The molecule has 1 aliphatic carbocycles. The summed E-state index contributed by atoms with van der Waals surface area (Å²) in [5.41, 5.74) is 0. The van der Waals surface area contributed by atoms with Crippen molar-refractivity contribution in [1.29, 1.82) is 0 Å². The van der Waals surface area contributed by atoms with Gasteiger partial charge in [-0.3, -0.25) is 4.79 Å². The minimum atomic E-state index is 0.0182. The largest absolute Gasteiger partial charge is 0.396 e. The van der Waals surface area contributed by atoms with Crippen molar-refractivity contribution in [3.8, 4) is 0 Å². The Balaban J connectivity index is 2.11. The number of hydrogen-bond acceptors (Lipinski definition) is 3. The van der Waals surface area contributed by atoms with Gasteiger partial charge >= 0.3 is 0 Å². The van der Waals surface area contributed by atoms with Gasteiger partial charge in [0.25, 0.3) is 0 Å². The minimum absolute atomic E-state index is 0.0182. The lowest BCUT2D eigenvalue weighted by Crippen LogP contribution is -2.43. The predicted molar refractivity (Wildman–Crippen MR) is 54.9 cm³/mol. The van der Waals surface area contributed by atoms with E-state index in [9.17, 15) is 4.79 Å². The van der Waals surface area contributed by atoms with E-state index in [0.717, 1.165) is 0 Å². The molecule has 14 heavy (non-hydrogen) atoms. The molecule has 1 amide bonds. The lowest BCUT2D eigenvalue weighted by Gasteiger charge is -2.19. The van der Waals surface area contributed by atoms with Gasteiger partial charge in [-0.2, -0.15) is 0 Å². The number of aliphatic hydroxyl groups is 1. The fraction of sp³-hybridized carbons (Fsp3) is 0.900. The minimum Gasteiger partial charge on any atom is -0.396 e. The fourth-order valence-corrected chi connectivity index (χ4v) is 1.13.